The predicted octanol–water partition coefficient (Wildman–Crippen LogP) is 0.973. The summed E-state index contributed by atoms with van der Waals surface area (Å²) in [4.78, 5) is 114. The Balaban J connectivity index is 0.0000198. The molecule has 2 aromatic carbocycles. The maximum atomic E-state index is 13.1. The normalized spacial score (nSPS) is 16.1. The second-order valence-electron chi connectivity index (χ2n) is 18.3. The Morgan fingerprint density at radius 2 is 1.07 bits per heavy atom. The molecule has 2 aromatic rings. The summed E-state index contributed by atoms with van der Waals surface area (Å²) in [5.74, 6) is -9.01. The summed E-state index contributed by atoms with van der Waals surface area (Å²) in [6.07, 6.45) is 3.16. The topological polar surface area (TPSA) is 368 Å². The van der Waals surface area contributed by atoms with Crippen LogP contribution in [0.4, 0.5) is 10.5 Å². The largest absolute Gasteiger partial charge is 3.00 e. The Hall–Kier alpha value is -5.77. The number of rotatable bonds is 31. The van der Waals surface area contributed by atoms with Gasteiger partial charge in [0.2, 0.25) is 5.91 Å². The number of hydrogen-bond donors (Lipinski definition) is 12. The molecule has 0 spiro atoms. The number of carboxylic acids is 7. The van der Waals surface area contributed by atoms with Crippen LogP contribution >= 0.6 is 12.2 Å². The van der Waals surface area contributed by atoms with Gasteiger partial charge >= 0.3 is 84.7 Å². The van der Waals surface area contributed by atoms with E-state index in [2.05, 4.69) is 26.6 Å². The van der Waals surface area contributed by atoms with Gasteiger partial charge < -0.3 is 62.3 Å². The van der Waals surface area contributed by atoms with Crippen LogP contribution in [0.25, 0.3) is 0 Å². The summed E-state index contributed by atoms with van der Waals surface area (Å²) >= 11 is 5.54. The third kappa shape index (κ3) is 28.9. The molecule has 4 atom stereocenters. The first-order chi connectivity index (χ1) is 35.6. The zero-order chi connectivity index (χ0) is 55.3. The number of benzene rings is 2. The Labute approximate surface area is 474 Å². The molecule has 76 heavy (non-hydrogen) atoms. The minimum absolute atomic E-state index is 0. The Kier molecular flexibility index (Phi) is 31.7. The number of carboxylic acid groups (broad SMARTS) is 7. The van der Waals surface area contributed by atoms with Crippen molar-refractivity contribution < 1.29 is 116 Å². The molecule has 12 N–H and O–H groups in total. The number of nitrogens with one attached hydrogen (secondary N) is 5. The summed E-state index contributed by atoms with van der Waals surface area (Å²) in [5, 5.41) is 80.5. The van der Waals surface area contributed by atoms with Crippen LogP contribution in [0.2, 0.25) is 0 Å². The summed E-state index contributed by atoms with van der Waals surface area (Å²) in [7, 11) is 0. The van der Waals surface area contributed by atoms with Crippen LogP contribution in [0.5, 0.6) is 0 Å². The van der Waals surface area contributed by atoms with E-state index in [-0.39, 0.29) is 128 Å². The zero-order valence-electron chi connectivity index (χ0n) is 42.0. The molecule has 1 aliphatic heterocycles. The number of nitrogens with zero attached hydrogens (tertiary/aromatic N) is 4. The Bertz CT molecular complexity index is 2220. The van der Waals surface area contributed by atoms with Gasteiger partial charge in [0.25, 0.3) is 0 Å². The van der Waals surface area contributed by atoms with Crippen molar-refractivity contribution in [3.63, 3.8) is 0 Å². The van der Waals surface area contributed by atoms with E-state index in [1.54, 1.807) is 19.6 Å². The SMILES string of the molecule is O=C(O)CC[C@H](NC(=O)N[C@@H](CCC(=O)N[C@H](CCCCCCNC(=S)Nc1ccc(CC2CN(CC(=O)O)CCN(CC(=O)O)CCN(CC(=O)O)CCN2CC(=O)O)cc1)Cc1ccccc1)C(=O)O)C(=O)O.[Lu+3]. The molecular formula is C49H71LuN9O16S+3. The summed E-state index contributed by atoms with van der Waals surface area (Å²) in [6.45, 7) is 0.420. The van der Waals surface area contributed by atoms with E-state index in [1.165, 1.54) is 0 Å². The van der Waals surface area contributed by atoms with Crippen molar-refractivity contribution in [1.82, 2.24) is 40.9 Å². The van der Waals surface area contributed by atoms with Gasteiger partial charge in [0.05, 0.1) is 26.2 Å². The molecule has 3 amide bonds. The quantitative estimate of drug-likeness (QED) is 0.0370. The Morgan fingerprint density at radius 1 is 0.553 bits per heavy atom. The Morgan fingerprint density at radius 3 is 1.61 bits per heavy atom. The van der Waals surface area contributed by atoms with Crippen molar-refractivity contribution in [2.24, 2.45) is 0 Å². The summed E-state index contributed by atoms with van der Waals surface area (Å²) in [6, 6.07) is 11.8. The van der Waals surface area contributed by atoms with Gasteiger partial charge in [0.15, 0.2) is 5.11 Å². The molecule has 0 bridgehead atoms. The number of carbonyl (C=O) groups is 9. The van der Waals surface area contributed by atoms with Crippen LogP contribution in [-0.2, 0) is 51.2 Å². The molecule has 3 rings (SSSR count). The number of anilines is 1. The number of amides is 3. The van der Waals surface area contributed by atoms with Gasteiger partial charge in [-0.1, -0.05) is 61.7 Å². The third-order valence-corrected chi connectivity index (χ3v) is 12.5. The van der Waals surface area contributed by atoms with Crippen LogP contribution in [0, 0.1) is 36.9 Å². The number of thiocarbonyl (C=S) groups is 1. The van der Waals surface area contributed by atoms with E-state index in [4.69, 9.17) is 17.3 Å². The monoisotopic (exact) mass is 1250 g/mol. The number of urea groups is 1. The van der Waals surface area contributed by atoms with Crippen molar-refractivity contribution in [3.05, 3.63) is 65.7 Å². The molecular weight excluding hydrogens is 1180 g/mol. The molecule has 1 heterocycles. The first kappa shape index (κ1) is 66.3. The smallest absolute Gasteiger partial charge is 0.481 e. The van der Waals surface area contributed by atoms with Crippen molar-refractivity contribution in [1.29, 1.82) is 0 Å². The molecule has 1 saturated heterocycles. The number of hydrogen-bond acceptors (Lipinski definition) is 14. The average molecular weight is 1250 g/mol. The van der Waals surface area contributed by atoms with Gasteiger partial charge in [0.1, 0.15) is 12.1 Å². The molecule has 27 heteroatoms. The van der Waals surface area contributed by atoms with Crippen LogP contribution in [0.15, 0.2) is 54.6 Å². The summed E-state index contributed by atoms with van der Waals surface area (Å²) in [5.41, 5.74) is 2.48. The molecule has 1 unspecified atom stereocenters. The fraction of sp³-hybridized carbons (Fsp3) is 0.551. The van der Waals surface area contributed by atoms with Crippen molar-refractivity contribution >= 4 is 76.7 Å². The van der Waals surface area contributed by atoms with E-state index in [0.717, 1.165) is 36.8 Å². The van der Waals surface area contributed by atoms with Crippen LogP contribution < -0.4 is 26.6 Å². The average Bonchev–Trinajstić information content (AvgIpc) is 3.32. The fourth-order valence-electron chi connectivity index (χ4n) is 8.44. The van der Waals surface area contributed by atoms with Crippen molar-refractivity contribution in [2.75, 3.05) is 83.9 Å². The second kappa shape index (κ2) is 36.3. The van der Waals surface area contributed by atoms with Crippen molar-refractivity contribution in [3.8, 4) is 0 Å². The molecule has 0 aromatic heterocycles. The predicted molar refractivity (Wildman–Crippen MR) is 275 cm³/mol. The van der Waals surface area contributed by atoms with E-state index in [9.17, 15) is 73.8 Å². The zero-order valence-corrected chi connectivity index (χ0v) is 44.5. The maximum Gasteiger partial charge on any atom is 3.00 e. The van der Waals surface area contributed by atoms with Crippen LogP contribution in [-0.4, -0.2) is 217 Å². The first-order valence-electron chi connectivity index (χ1n) is 24.7. The van der Waals surface area contributed by atoms with Gasteiger partial charge in [-0.2, -0.15) is 0 Å². The standard InChI is InChI=1S/C49H71N9O16S.Lu/c59-40(17-15-38(46(70)71)53-48(74)54-39(47(72)73)16-18-41(60)61)51-36(26-33-8-4-3-5-9-33)10-6-1-2-7-19-50-49(75)52-35-13-11-34(12-14-35)27-37-28-57(31-44(66)67)23-22-55(29-42(62)63)20-21-56(30-43(64)65)24-25-58(37)32-45(68)69;/h3-5,8-9,11-14,36-39H,1-2,6-7,10,15-32H2,(H,51,59)(H,60,61)(H,62,63)(H,64,65)(H,66,67)(H,68,69)(H,70,71)(H,72,73)(H2,50,52,75)(H2,53,54,74);/q;+3/t36-,37?,38+,39+;/m1./s1. The third-order valence-electron chi connectivity index (χ3n) is 12.2. The first-order valence-corrected chi connectivity index (χ1v) is 25.1. The molecule has 25 nitrogen and oxygen atoms in total. The van der Waals surface area contributed by atoms with Gasteiger partial charge in [0, 0.05) is 83.0 Å². The number of aliphatic carboxylic acids is 7. The molecule has 1 fully saturated rings. The van der Waals surface area contributed by atoms with E-state index in [0.29, 0.717) is 36.6 Å². The van der Waals surface area contributed by atoms with Crippen LogP contribution in [0.3, 0.4) is 0 Å². The molecule has 0 saturated carbocycles. The van der Waals surface area contributed by atoms with Gasteiger partial charge in [-0.15, -0.1) is 0 Å². The van der Waals surface area contributed by atoms with E-state index >= 15 is 0 Å². The molecule has 426 valence electrons. The van der Waals surface area contributed by atoms with Crippen molar-refractivity contribution in [2.45, 2.75) is 94.8 Å². The maximum absolute atomic E-state index is 13.1. The number of carbonyl (C=O) groups excluding carboxylic acids is 2. The van der Waals surface area contributed by atoms with Gasteiger partial charge in [-0.3, -0.25) is 48.4 Å². The second-order valence-corrected chi connectivity index (χ2v) is 18.7. The van der Waals surface area contributed by atoms with Gasteiger partial charge in [-0.05, 0) is 74.0 Å². The summed E-state index contributed by atoms with van der Waals surface area (Å²) < 4.78 is 0. The minimum Gasteiger partial charge on any atom is -0.481 e. The molecule has 1 aliphatic rings. The number of unbranched alkanes of at least 4 members (excludes halogenated alkanes) is 3. The van der Waals surface area contributed by atoms with Gasteiger partial charge in [-0.25, -0.2) is 14.4 Å². The van der Waals surface area contributed by atoms with Crippen LogP contribution in [0.1, 0.15) is 68.9 Å². The van der Waals surface area contributed by atoms with E-state index in [1.807, 2.05) is 54.6 Å². The van der Waals surface area contributed by atoms with E-state index < -0.39 is 84.7 Å². The minimum atomic E-state index is -1.57. The molecule has 0 aliphatic carbocycles. The molecule has 0 radical (unpaired) electrons. The fourth-order valence-corrected chi connectivity index (χ4v) is 8.66.